The largest absolute Gasteiger partial charge is 0.497 e. The highest BCUT2D eigenvalue weighted by Crippen LogP contribution is 2.39. The Hall–Kier alpha value is -4.72. The van der Waals surface area contributed by atoms with Crippen LogP contribution in [-0.4, -0.2) is 35.8 Å². The number of halogens is 1. The number of carbonyl (C=O) groups excluding carboxylic acids is 1. The average Bonchev–Trinajstić information content (AvgIpc) is 3.47. The molecule has 1 N–H and O–H groups in total. The number of amides is 1. The SMILES string of the molecule is COc1cccc([C@H]2CC(c3c(-c4ccc(Cl)cc4)c4ccccc4[nH]c3=O)=NN2C(=O)[C@@H](OC)c2ccccc2)c1. The van der Waals surface area contributed by atoms with E-state index in [0.29, 0.717) is 39.5 Å². The first kappa shape index (κ1) is 27.4. The predicted molar refractivity (Wildman–Crippen MR) is 165 cm³/mol. The molecule has 4 aromatic carbocycles. The molecule has 0 saturated carbocycles. The number of fused-ring (bicyclic) bond motifs is 1. The zero-order valence-corrected chi connectivity index (χ0v) is 23.8. The number of hydrogen-bond acceptors (Lipinski definition) is 5. The highest BCUT2D eigenvalue weighted by atomic mass is 35.5. The number of rotatable bonds is 7. The number of aromatic nitrogens is 1. The molecule has 0 fully saturated rings. The number of benzene rings is 4. The van der Waals surface area contributed by atoms with E-state index < -0.39 is 12.1 Å². The number of aromatic amines is 1. The molecule has 2 atom stereocenters. The van der Waals surface area contributed by atoms with Crippen LogP contribution in [0.2, 0.25) is 5.02 Å². The zero-order chi connectivity index (χ0) is 29.2. The molecule has 0 unspecified atom stereocenters. The lowest BCUT2D eigenvalue weighted by atomic mass is 9.91. The molecule has 6 rings (SSSR count). The lowest BCUT2D eigenvalue weighted by Gasteiger charge is -2.26. The van der Waals surface area contributed by atoms with Crippen molar-refractivity contribution in [3.05, 3.63) is 135 Å². The molecular formula is C34H28ClN3O4. The first-order valence-electron chi connectivity index (χ1n) is 13.5. The van der Waals surface area contributed by atoms with Crippen LogP contribution in [0.1, 0.15) is 35.3 Å². The minimum Gasteiger partial charge on any atom is -0.497 e. The van der Waals surface area contributed by atoms with E-state index in [0.717, 1.165) is 22.1 Å². The molecular weight excluding hydrogens is 550 g/mol. The van der Waals surface area contributed by atoms with Crippen molar-refractivity contribution in [2.45, 2.75) is 18.6 Å². The van der Waals surface area contributed by atoms with Crippen molar-refractivity contribution in [3.63, 3.8) is 0 Å². The second kappa shape index (κ2) is 11.6. The molecule has 0 aliphatic carbocycles. The molecule has 0 spiro atoms. The minimum absolute atomic E-state index is 0.289. The normalized spacial score (nSPS) is 15.5. The van der Waals surface area contributed by atoms with E-state index in [1.54, 1.807) is 19.2 Å². The van der Waals surface area contributed by atoms with Gasteiger partial charge in [0.1, 0.15) is 5.75 Å². The Kier molecular flexibility index (Phi) is 7.61. The summed E-state index contributed by atoms with van der Waals surface area (Å²) in [6.07, 6.45) is -0.570. The van der Waals surface area contributed by atoms with Crippen molar-refractivity contribution in [3.8, 4) is 16.9 Å². The molecule has 1 aromatic heterocycles. The van der Waals surface area contributed by atoms with Gasteiger partial charge in [0.2, 0.25) is 0 Å². The summed E-state index contributed by atoms with van der Waals surface area (Å²) in [5, 5.41) is 7.77. The lowest BCUT2D eigenvalue weighted by molar-refractivity contribution is -0.144. The standard InChI is InChI=1S/C34H28ClN3O4/c1-41-25-12-8-11-23(19-25)29-20-28(37-38(29)34(40)32(42-2)22-9-4-3-5-10-22)31-30(21-15-17-24(35)18-16-21)26-13-6-7-14-27(26)36-33(31)39/h3-19,29,32H,20H2,1-2H3,(H,36,39)/t29-,32+/m1/s1. The first-order valence-corrected chi connectivity index (χ1v) is 13.9. The van der Waals surface area contributed by atoms with Gasteiger partial charge in [0.05, 0.1) is 24.4 Å². The van der Waals surface area contributed by atoms with Crippen LogP contribution in [0.4, 0.5) is 0 Å². The van der Waals surface area contributed by atoms with Crippen molar-refractivity contribution in [1.82, 2.24) is 9.99 Å². The highest BCUT2D eigenvalue weighted by Gasteiger charge is 2.39. The third-order valence-corrected chi connectivity index (χ3v) is 7.77. The minimum atomic E-state index is -0.881. The molecule has 0 bridgehead atoms. The summed E-state index contributed by atoms with van der Waals surface area (Å²) in [4.78, 5) is 31.0. The summed E-state index contributed by atoms with van der Waals surface area (Å²) in [5.74, 6) is 0.321. The molecule has 210 valence electrons. The Morgan fingerprint density at radius 2 is 1.67 bits per heavy atom. The Labute approximate surface area is 248 Å². The third-order valence-electron chi connectivity index (χ3n) is 7.52. The van der Waals surface area contributed by atoms with Gasteiger partial charge in [0, 0.05) is 35.0 Å². The molecule has 0 saturated heterocycles. The topological polar surface area (TPSA) is 84.0 Å². The number of pyridine rings is 1. The maximum absolute atomic E-state index is 14.1. The molecule has 5 aromatic rings. The smallest absolute Gasteiger partial charge is 0.276 e. The van der Waals surface area contributed by atoms with Crippen molar-refractivity contribution in [2.75, 3.05) is 14.2 Å². The van der Waals surface area contributed by atoms with Gasteiger partial charge in [-0.1, -0.05) is 84.4 Å². The number of nitrogens with zero attached hydrogens (tertiary/aromatic N) is 2. The quantitative estimate of drug-likeness (QED) is 0.227. The Morgan fingerprint density at radius 1 is 0.929 bits per heavy atom. The average molecular weight is 578 g/mol. The third kappa shape index (κ3) is 5.09. The molecule has 1 aliphatic rings. The van der Waals surface area contributed by atoms with Crippen LogP contribution in [0, 0.1) is 0 Å². The van der Waals surface area contributed by atoms with Crippen molar-refractivity contribution >= 4 is 34.1 Å². The van der Waals surface area contributed by atoms with Crippen molar-refractivity contribution < 1.29 is 14.3 Å². The molecule has 0 radical (unpaired) electrons. The fourth-order valence-corrected chi connectivity index (χ4v) is 5.66. The Bertz CT molecular complexity index is 1850. The predicted octanol–water partition coefficient (Wildman–Crippen LogP) is 6.92. The van der Waals surface area contributed by atoms with Gasteiger partial charge in [-0.2, -0.15) is 5.10 Å². The van der Waals surface area contributed by atoms with Gasteiger partial charge < -0.3 is 14.5 Å². The maximum Gasteiger partial charge on any atom is 0.276 e. The summed E-state index contributed by atoms with van der Waals surface area (Å²) in [6, 6.07) is 31.4. The van der Waals surface area contributed by atoms with Crippen LogP contribution in [0.5, 0.6) is 5.75 Å². The van der Waals surface area contributed by atoms with Crippen LogP contribution in [-0.2, 0) is 9.53 Å². The number of carbonyl (C=O) groups is 1. The van der Waals surface area contributed by atoms with Crippen LogP contribution in [0.25, 0.3) is 22.0 Å². The van der Waals surface area contributed by atoms with E-state index in [4.69, 9.17) is 26.2 Å². The van der Waals surface area contributed by atoms with E-state index >= 15 is 0 Å². The van der Waals surface area contributed by atoms with Crippen molar-refractivity contribution in [2.24, 2.45) is 5.10 Å². The van der Waals surface area contributed by atoms with Gasteiger partial charge >= 0.3 is 0 Å². The van der Waals surface area contributed by atoms with E-state index in [1.807, 2.05) is 91.0 Å². The second-order valence-electron chi connectivity index (χ2n) is 10.0. The van der Waals surface area contributed by atoms with Gasteiger partial charge in [0.25, 0.3) is 11.5 Å². The van der Waals surface area contributed by atoms with E-state index in [2.05, 4.69) is 4.98 Å². The second-order valence-corrected chi connectivity index (χ2v) is 10.4. The highest BCUT2D eigenvalue weighted by molar-refractivity contribution is 6.30. The van der Waals surface area contributed by atoms with Gasteiger partial charge in [-0.25, -0.2) is 5.01 Å². The van der Waals surface area contributed by atoms with Crippen LogP contribution in [0.3, 0.4) is 0 Å². The summed E-state index contributed by atoms with van der Waals surface area (Å²) in [7, 11) is 3.10. The van der Waals surface area contributed by atoms with Gasteiger partial charge in [-0.05, 0) is 47.0 Å². The first-order chi connectivity index (χ1) is 20.5. The number of para-hydroxylation sites is 1. The van der Waals surface area contributed by atoms with Crippen LogP contribution >= 0.6 is 11.6 Å². The fourth-order valence-electron chi connectivity index (χ4n) is 5.54. The summed E-state index contributed by atoms with van der Waals surface area (Å²) < 4.78 is 11.2. The number of methoxy groups -OCH3 is 2. The Balaban J connectivity index is 1.54. The Morgan fingerprint density at radius 3 is 2.40 bits per heavy atom. The van der Waals surface area contributed by atoms with E-state index in [1.165, 1.54) is 12.1 Å². The van der Waals surface area contributed by atoms with Gasteiger partial charge in [-0.15, -0.1) is 0 Å². The zero-order valence-electron chi connectivity index (χ0n) is 23.1. The number of ether oxygens (including phenoxy) is 2. The molecule has 7 nitrogen and oxygen atoms in total. The molecule has 1 amide bonds. The van der Waals surface area contributed by atoms with Crippen molar-refractivity contribution in [1.29, 1.82) is 0 Å². The summed E-state index contributed by atoms with van der Waals surface area (Å²) >= 11 is 6.22. The van der Waals surface area contributed by atoms with Crippen LogP contribution in [0.15, 0.2) is 113 Å². The maximum atomic E-state index is 14.1. The molecule has 8 heteroatoms. The summed E-state index contributed by atoms with van der Waals surface area (Å²) in [5.41, 5.74) is 4.41. The monoisotopic (exact) mass is 577 g/mol. The number of nitrogens with one attached hydrogen (secondary N) is 1. The fraction of sp³-hybridized carbons (Fsp3) is 0.147. The van der Waals surface area contributed by atoms with Gasteiger partial charge in [0.15, 0.2) is 6.10 Å². The van der Waals surface area contributed by atoms with Crippen LogP contribution < -0.4 is 10.3 Å². The number of H-pyrrole nitrogens is 1. The number of hydrogen-bond donors (Lipinski definition) is 1. The number of hydrazone groups is 1. The molecule has 2 heterocycles. The molecule has 1 aliphatic heterocycles. The van der Waals surface area contributed by atoms with E-state index in [9.17, 15) is 9.59 Å². The lowest BCUT2D eigenvalue weighted by Crippen LogP contribution is -2.32. The summed E-state index contributed by atoms with van der Waals surface area (Å²) in [6.45, 7) is 0. The van der Waals surface area contributed by atoms with E-state index in [-0.39, 0.29) is 11.5 Å². The molecule has 42 heavy (non-hydrogen) atoms. The van der Waals surface area contributed by atoms with Gasteiger partial charge in [-0.3, -0.25) is 9.59 Å².